The molecule has 0 amide bonds. The van der Waals surface area contributed by atoms with E-state index in [9.17, 15) is 9.90 Å². The average molecular weight is 349 g/mol. The number of halogens is 1. The van der Waals surface area contributed by atoms with E-state index in [4.69, 9.17) is 21.4 Å². The Morgan fingerprint density at radius 3 is 2.42 bits per heavy atom. The number of ether oxygens (including phenoxy) is 1. The Morgan fingerprint density at radius 1 is 1.17 bits per heavy atom. The number of carbonyl (C=O) groups excluding carboxylic acids is 1. The second-order valence-electron chi connectivity index (χ2n) is 5.86. The van der Waals surface area contributed by atoms with Crippen LogP contribution in [-0.4, -0.2) is 34.8 Å². The minimum atomic E-state index is -1.41. The molecule has 0 aliphatic carbocycles. The lowest BCUT2D eigenvalue weighted by atomic mass is 9.99. The maximum atomic E-state index is 12.0. The molecule has 0 spiro atoms. The Morgan fingerprint density at radius 2 is 1.83 bits per heavy atom. The maximum absolute atomic E-state index is 12.0. The molecule has 0 fully saturated rings. The maximum Gasteiger partial charge on any atom is 0.193 e. The van der Waals surface area contributed by atoms with Crippen LogP contribution in [0.5, 0.6) is 5.75 Å². The lowest BCUT2D eigenvalue weighted by Crippen LogP contribution is -2.24. The molecule has 2 aromatic carbocycles. The van der Waals surface area contributed by atoms with E-state index >= 15 is 0 Å². The highest BCUT2D eigenvalue weighted by molar-refractivity contribution is 6.31. The Hall–Kier alpha value is -1.88. The molecular weight excluding hydrogens is 328 g/mol. The highest BCUT2D eigenvalue weighted by Crippen LogP contribution is 2.23. The largest absolute Gasteiger partial charge is 0.491 e. The van der Waals surface area contributed by atoms with Crippen molar-refractivity contribution >= 4 is 17.4 Å². The average Bonchev–Trinajstić information content (AvgIpc) is 2.56. The predicted molar refractivity (Wildman–Crippen MR) is 93.9 cm³/mol. The molecule has 1 atom stereocenters. The van der Waals surface area contributed by atoms with Gasteiger partial charge in [0.1, 0.15) is 11.9 Å². The van der Waals surface area contributed by atoms with E-state index in [2.05, 4.69) is 0 Å². The topological polar surface area (TPSA) is 66.8 Å². The van der Waals surface area contributed by atoms with E-state index < -0.39 is 18.5 Å². The van der Waals surface area contributed by atoms with Crippen LogP contribution in [0.25, 0.3) is 0 Å². The third-order valence-corrected chi connectivity index (χ3v) is 3.86. The van der Waals surface area contributed by atoms with Gasteiger partial charge in [0.2, 0.25) is 0 Å². The molecule has 1 unspecified atom stereocenters. The SMILES string of the molecule is CC(C)Oc1ccc(Cc2cc(C(=O)C(O)CO)ccc2Cl)cc1. The van der Waals surface area contributed by atoms with Crippen molar-refractivity contribution in [3.05, 3.63) is 64.2 Å². The first-order valence-corrected chi connectivity index (χ1v) is 8.15. The summed E-state index contributed by atoms with van der Waals surface area (Å²) >= 11 is 6.22. The van der Waals surface area contributed by atoms with E-state index in [1.165, 1.54) is 0 Å². The fraction of sp³-hybridized carbons (Fsp3) is 0.316. The zero-order valence-electron chi connectivity index (χ0n) is 13.7. The first kappa shape index (κ1) is 18.5. The van der Waals surface area contributed by atoms with E-state index in [1.54, 1.807) is 18.2 Å². The summed E-state index contributed by atoms with van der Waals surface area (Å²) in [6.07, 6.45) is -0.741. The van der Waals surface area contributed by atoms with Crippen LogP contribution in [0, 0.1) is 0 Å². The molecule has 0 aliphatic heterocycles. The number of benzene rings is 2. The molecule has 2 aromatic rings. The van der Waals surface area contributed by atoms with Gasteiger partial charge in [-0.1, -0.05) is 23.7 Å². The minimum absolute atomic E-state index is 0.117. The third-order valence-electron chi connectivity index (χ3n) is 3.50. The summed E-state index contributed by atoms with van der Waals surface area (Å²) in [6.45, 7) is 3.34. The van der Waals surface area contributed by atoms with Gasteiger partial charge in [-0.25, -0.2) is 0 Å². The third kappa shape index (κ3) is 4.81. The summed E-state index contributed by atoms with van der Waals surface area (Å²) in [5, 5.41) is 18.9. The van der Waals surface area contributed by atoms with Crippen molar-refractivity contribution in [1.82, 2.24) is 0 Å². The van der Waals surface area contributed by atoms with E-state index in [0.717, 1.165) is 16.9 Å². The predicted octanol–water partition coefficient (Wildman–Crippen LogP) is 3.25. The molecule has 24 heavy (non-hydrogen) atoms. The summed E-state index contributed by atoms with van der Waals surface area (Å²) < 4.78 is 5.61. The van der Waals surface area contributed by atoms with Gasteiger partial charge in [-0.3, -0.25) is 4.79 Å². The van der Waals surface area contributed by atoms with Crippen molar-refractivity contribution in [3.63, 3.8) is 0 Å². The van der Waals surface area contributed by atoms with Gasteiger partial charge in [0, 0.05) is 10.6 Å². The van der Waals surface area contributed by atoms with Gasteiger partial charge in [0.25, 0.3) is 0 Å². The van der Waals surface area contributed by atoms with Crippen molar-refractivity contribution in [2.45, 2.75) is 32.5 Å². The number of hydrogen-bond acceptors (Lipinski definition) is 4. The first-order valence-electron chi connectivity index (χ1n) is 7.78. The van der Waals surface area contributed by atoms with Gasteiger partial charge in [0.15, 0.2) is 5.78 Å². The molecule has 2 N–H and O–H groups in total. The van der Waals surface area contributed by atoms with E-state index in [-0.39, 0.29) is 6.10 Å². The Bertz CT molecular complexity index is 695. The second kappa shape index (κ2) is 8.29. The number of aliphatic hydroxyl groups excluding tert-OH is 2. The van der Waals surface area contributed by atoms with Crippen LogP contribution < -0.4 is 4.74 Å². The van der Waals surface area contributed by atoms with E-state index in [0.29, 0.717) is 17.0 Å². The van der Waals surface area contributed by atoms with Crippen molar-refractivity contribution in [3.8, 4) is 5.75 Å². The highest BCUT2D eigenvalue weighted by atomic mass is 35.5. The molecule has 4 nitrogen and oxygen atoms in total. The number of hydrogen-bond donors (Lipinski definition) is 2. The van der Waals surface area contributed by atoms with Crippen LogP contribution in [0.4, 0.5) is 0 Å². The molecule has 5 heteroatoms. The van der Waals surface area contributed by atoms with Crippen LogP contribution in [0.2, 0.25) is 5.02 Å². The molecule has 0 saturated carbocycles. The lowest BCUT2D eigenvalue weighted by molar-refractivity contribution is 0.0587. The Kier molecular flexibility index (Phi) is 6.37. The van der Waals surface area contributed by atoms with Gasteiger partial charge in [-0.05, 0) is 61.7 Å². The number of rotatable bonds is 7. The van der Waals surface area contributed by atoms with Crippen LogP contribution in [0.15, 0.2) is 42.5 Å². The molecule has 2 rings (SSSR count). The van der Waals surface area contributed by atoms with Crippen molar-refractivity contribution in [2.75, 3.05) is 6.61 Å². The molecule has 0 saturated heterocycles. The number of ketones is 1. The molecule has 0 aromatic heterocycles. The Balaban J connectivity index is 2.18. The van der Waals surface area contributed by atoms with Crippen LogP contribution in [0.3, 0.4) is 0 Å². The molecule has 0 bridgehead atoms. The second-order valence-corrected chi connectivity index (χ2v) is 6.26. The van der Waals surface area contributed by atoms with Crippen LogP contribution >= 0.6 is 11.6 Å². The van der Waals surface area contributed by atoms with Crippen molar-refractivity contribution < 1.29 is 19.7 Å². The zero-order chi connectivity index (χ0) is 17.7. The minimum Gasteiger partial charge on any atom is -0.491 e. The number of Topliss-reactive ketones (excluding diaryl/α,β-unsaturated/α-hetero) is 1. The smallest absolute Gasteiger partial charge is 0.193 e. The van der Waals surface area contributed by atoms with Gasteiger partial charge in [0.05, 0.1) is 12.7 Å². The number of carbonyl (C=O) groups is 1. The van der Waals surface area contributed by atoms with Gasteiger partial charge >= 0.3 is 0 Å². The lowest BCUT2D eigenvalue weighted by Gasteiger charge is -2.12. The van der Waals surface area contributed by atoms with Crippen LogP contribution in [-0.2, 0) is 6.42 Å². The Labute approximate surface area is 146 Å². The normalized spacial score (nSPS) is 12.2. The van der Waals surface area contributed by atoms with Crippen LogP contribution in [0.1, 0.15) is 35.3 Å². The number of aliphatic hydroxyl groups is 2. The fourth-order valence-corrected chi connectivity index (χ4v) is 2.50. The summed E-state index contributed by atoms with van der Waals surface area (Å²) in [4.78, 5) is 12.0. The quantitative estimate of drug-likeness (QED) is 0.754. The zero-order valence-corrected chi connectivity index (χ0v) is 14.5. The van der Waals surface area contributed by atoms with E-state index in [1.807, 2.05) is 38.1 Å². The van der Waals surface area contributed by atoms with Crippen molar-refractivity contribution in [2.24, 2.45) is 0 Å². The molecule has 0 aliphatic rings. The van der Waals surface area contributed by atoms with Gasteiger partial charge < -0.3 is 14.9 Å². The monoisotopic (exact) mass is 348 g/mol. The molecule has 128 valence electrons. The molecule has 0 radical (unpaired) electrons. The highest BCUT2D eigenvalue weighted by Gasteiger charge is 2.17. The molecule has 0 heterocycles. The van der Waals surface area contributed by atoms with Gasteiger partial charge in [-0.15, -0.1) is 0 Å². The van der Waals surface area contributed by atoms with Gasteiger partial charge in [-0.2, -0.15) is 0 Å². The molecular formula is C19H21ClO4. The first-order chi connectivity index (χ1) is 11.4. The standard InChI is InChI=1S/C19H21ClO4/c1-12(2)24-16-6-3-13(4-7-16)9-15-10-14(5-8-17(15)20)19(23)18(22)11-21/h3-8,10,12,18,21-22H,9,11H2,1-2H3. The summed E-state index contributed by atoms with van der Waals surface area (Å²) in [5.41, 5.74) is 2.14. The summed E-state index contributed by atoms with van der Waals surface area (Å²) in [7, 11) is 0. The summed E-state index contributed by atoms with van der Waals surface area (Å²) in [6, 6.07) is 12.5. The summed E-state index contributed by atoms with van der Waals surface area (Å²) in [5.74, 6) is 0.283. The van der Waals surface area contributed by atoms with Crippen molar-refractivity contribution in [1.29, 1.82) is 0 Å². The fourth-order valence-electron chi connectivity index (χ4n) is 2.32.